The number of halogens is 1. The molecule has 1 aromatic carbocycles. The average molecular weight is 518 g/mol. The first-order valence-corrected chi connectivity index (χ1v) is 14.0. The van der Waals surface area contributed by atoms with E-state index >= 15 is 0 Å². The third-order valence-electron chi connectivity index (χ3n) is 5.90. The summed E-state index contributed by atoms with van der Waals surface area (Å²) >= 11 is 2.29. The van der Waals surface area contributed by atoms with Crippen LogP contribution < -0.4 is 5.32 Å². The SMILES string of the molecule is C=C(I)C[C@H]1OC[C@@H](OCc2ccccc2)[C@@H](NC)[C@H]1O[Si](C)(C)C(C)(C)C. The molecule has 0 spiro atoms. The molecule has 0 unspecified atom stereocenters. The van der Waals surface area contributed by atoms with Crippen LogP contribution >= 0.6 is 22.6 Å². The van der Waals surface area contributed by atoms with Crippen molar-refractivity contribution in [3.8, 4) is 0 Å². The molecular weight excluding hydrogens is 481 g/mol. The van der Waals surface area contributed by atoms with Crippen molar-refractivity contribution in [2.24, 2.45) is 0 Å². The Labute approximate surface area is 185 Å². The summed E-state index contributed by atoms with van der Waals surface area (Å²) in [6.45, 7) is 16.6. The van der Waals surface area contributed by atoms with Crippen molar-refractivity contribution in [2.75, 3.05) is 13.7 Å². The largest absolute Gasteiger partial charge is 0.410 e. The molecule has 1 aromatic rings. The second-order valence-corrected chi connectivity index (χ2v) is 15.4. The molecule has 1 fully saturated rings. The minimum Gasteiger partial charge on any atom is -0.410 e. The summed E-state index contributed by atoms with van der Waals surface area (Å²) in [5, 5.41) is 3.61. The Kier molecular flexibility index (Phi) is 8.73. The molecular formula is C22H36INO3Si. The maximum atomic E-state index is 6.87. The smallest absolute Gasteiger partial charge is 0.192 e. The number of hydrogen-bond acceptors (Lipinski definition) is 4. The topological polar surface area (TPSA) is 39.7 Å². The number of benzene rings is 1. The average Bonchev–Trinajstić information content (AvgIpc) is 2.61. The van der Waals surface area contributed by atoms with Gasteiger partial charge in [0.05, 0.1) is 37.6 Å². The molecule has 0 aromatic heterocycles. The summed E-state index contributed by atoms with van der Waals surface area (Å²) < 4.78 is 20.5. The zero-order valence-electron chi connectivity index (χ0n) is 18.1. The van der Waals surface area contributed by atoms with Gasteiger partial charge >= 0.3 is 0 Å². The molecule has 0 radical (unpaired) electrons. The van der Waals surface area contributed by atoms with E-state index in [1.54, 1.807) is 0 Å². The van der Waals surface area contributed by atoms with Crippen LogP contribution in [-0.2, 0) is 20.5 Å². The predicted octanol–water partition coefficient (Wildman–Crippen LogP) is 5.29. The van der Waals surface area contributed by atoms with Gasteiger partial charge in [-0.05, 0) is 56.9 Å². The van der Waals surface area contributed by atoms with Crippen LogP contribution in [0.3, 0.4) is 0 Å². The summed E-state index contributed by atoms with van der Waals surface area (Å²) in [6, 6.07) is 10.4. The van der Waals surface area contributed by atoms with E-state index in [9.17, 15) is 0 Å². The summed E-state index contributed by atoms with van der Waals surface area (Å²) in [6.07, 6.45) is 0.668. The Morgan fingerprint density at radius 1 is 1.29 bits per heavy atom. The van der Waals surface area contributed by atoms with Crippen LogP contribution in [0.5, 0.6) is 0 Å². The van der Waals surface area contributed by atoms with Gasteiger partial charge in [0.25, 0.3) is 0 Å². The molecule has 1 saturated heterocycles. The monoisotopic (exact) mass is 517 g/mol. The van der Waals surface area contributed by atoms with Crippen molar-refractivity contribution >= 4 is 30.9 Å². The molecule has 2 rings (SSSR count). The second kappa shape index (κ2) is 10.2. The maximum Gasteiger partial charge on any atom is 0.192 e. The van der Waals surface area contributed by atoms with Crippen molar-refractivity contribution in [3.05, 3.63) is 46.1 Å². The zero-order valence-corrected chi connectivity index (χ0v) is 21.3. The minimum absolute atomic E-state index is 0.00690. The Morgan fingerprint density at radius 3 is 2.46 bits per heavy atom. The van der Waals surface area contributed by atoms with Gasteiger partial charge in [0.1, 0.15) is 0 Å². The summed E-state index contributed by atoms with van der Waals surface area (Å²) in [5.41, 5.74) is 1.17. The highest BCUT2D eigenvalue weighted by atomic mass is 127. The fourth-order valence-electron chi connectivity index (χ4n) is 3.20. The fourth-order valence-corrected chi connectivity index (χ4v) is 4.97. The van der Waals surface area contributed by atoms with Crippen LogP contribution in [0.1, 0.15) is 32.8 Å². The van der Waals surface area contributed by atoms with E-state index in [0.29, 0.717) is 13.2 Å². The standard InChI is InChI=1S/C22H36INO3Si/c1-16(23)13-18-21(27-28(6,7)22(2,3)4)20(24-5)19(15-26-18)25-14-17-11-9-8-10-12-17/h8-12,18-21,24H,1,13-15H2,2-7H3/t18-,19-,20-,21+/m1/s1. The molecule has 1 N–H and O–H groups in total. The number of rotatable bonds is 8. The molecule has 4 atom stereocenters. The number of ether oxygens (including phenoxy) is 2. The third kappa shape index (κ3) is 6.37. The lowest BCUT2D eigenvalue weighted by molar-refractivity contribution is -0.155. The van der Waals surface area contributed by atoms with Crippen molar-refractivity contribution in [3.63, 3.8) is 0 Å². The molecule has 1 aliphatic rings. The highest BCUT2D eigenvalue weighted by molar-refractivity contribution is 14.1. The van der Waals surface area contributed by atoms with Crippen molar-refractivity contribution in [1.82, 2.24) is 5.32 Å². The zero-order chi connectivity index (χ0) is 20.9. The second-order valence-electron chi connectivity index (χ2n) is 9.09. The van der Waals surface area contributed by atoms with Gasteiger partial charge in [-0.25, -0.2) is 0 Å². The molecule has 1 aliphatic heterocycles. The van der Waals surface area contributed by atoms with Gasteiger partial charge in [-0.2, -0.15) is 0 Å². The van der Waals surface area contributed by atoms with Crippen LogP contribution in [-0.4, -0.2) is 46.3 Å². The van der Waals surface area contributed by atoms with Gasteiger partial charge in [0.15, 0.2) is 8.32 Å². The molecule has 158 valence electrons. The van der Waals surface area contributed by atoms with E-state index in [2.05, 4.69) is 80.5 Å². The third-order valence-corrected chi connectivity index (χ3v) is 10.8. The molecule has 0 amide bonds. The van der Waals surface area contributed by atoms with Gasteiger partial charge < -0.3 is 19.2 Å². The molecule has 6 heteroatoms. The van der Waals surface area contributed by atoms with Gasteiger partial charge in [-0.1, -0.05) is 57.7 Å². The molecule has 28 heavy (non-hydrogen) atoms. The fraction of sp³-hybridized carbons (Fsp3) is 0.636. The number of likely N-dealkylation sites (N-methyl/N-ethyl adjacent to an activating group) is 1. The van der Waals surface area contributed by atoms with E-state index in [0.717, 1.165) is 10.0 Å². The van der Waals surface area contributed by atoms with Crippen LogP contribution in [0.4, 0.5) is 0 Å². The lowest BCUT2D eigenvalue weighted by atomic mass is 9.95. The van der Waals surface area contributed by atoms with Crippen LogP contribution in [0.25, 0.3) is 0 Å². The quantitative estimate of drug-likeness (QED) is 0.376. The van der Waals surface area contributed by atoms with E-state index in [-0.39, 0.29) is 29.4 Å². The van der Waals surface area contributed by atoms with E-state index in [1.807, 2.05) is 25.2 Å². The van der Waals surface area contributed by atoms with Crippen molar-refractivity contribution < 1.29 is 13.9 Å². The predicted molar refractivity (Wildman–Crippen MR) is 127 cm³/mol. The number of hydrogen-bond donors (Lipinski definition) is 1. The first kappa shape index (κ1) is 24.0. The lowest BCUT2D eigenvalue weighted by Gasteiger charge is -2.48. The van der Waals surface area contributed by atoms with Crippen molar-refractivity contribution in [1.29, 1.82) is 0 Å². The van der Waals surface area contributed by atoms with E-state index < -0.39 is 8.32 Å². The normalized spacial score (nSPS) is 26.2. The Balaban J connectivity index is 2.19. The Bertz CT molecular complexity index is 632. The Morgan fingerprint density at radius 2 is 1.93 bits per heavy atom. The summed E-state index contributed by atoms with van der Waals surface area (Å²) in [5.74, 6) is 0. The van der Waals surface area contributed by atoms with Crippen LogP contribution in [0.15, 0.2) is 40.5 Å². The maximum absolute atomic E-state index is 6.87. The molecule has 0 aliphatic carbocycles. The van der Waals surface area contributed by atoms with Gasteiger partial charge in [-0.15, -0.1) is 0 Å². The molecule has 4 nitrogen and oxygen atoms in total. The van der Waals surface area contributed by atoms with Gasteiger partial charge in [0, 0.05) is 6.42 Å². The Hall–Kier alpha value is -0.253. The van der Waals surface area contributed by atoms with E-state index in [1.165, 1.54) is 5.56 Å². The summed E-state index contributed by atoms with van der Waals surface area (Å²) in [7, 11) is 0.0255. The van der Waals surface area contributed by atoms with Crippen LogP contribution in [0, 0.1) is 0 Å². The van der Waals surface area contributed by atoms with Crippen molar-refractivity contribution in [2.45, 2.75) is 76.3 Å². The first-order valence-electron chi connectivity index (χ1n) is 10.0. The van der Waals surface area contributed by atoms with Crippen LogP contribution in [0.2, 0.25) is 18.1 Å². The first-order chi connectivity index (χ1) is 13.0. The van der Waals surface area contributed by atoms with Gasteiger partial charge in [0.2, 0.25) is 0 Å². The molecule has 1 heterocycles. The summed E-state index contributed by atoms with van der Waals surface area (Å²) in [4.78, 5) is 0. The highest BCUT2D eigenvalue weighted by Gasteiger charge is 2.47. The number of nitrogens with one attached hydrogen (secondary N) is 1. The van der Waals surface area contributed by atoms with E-state index in [4.69, 9.17) is 13.9 Å². The molecule has 0 bridgehead atoms. The van der Waals surface area contributed by atoms with Gasteiger partial charge in [-0.3, -0.25) is 0 Å². The lowest BCUT2D eigenvalue weighted by Crippen LogP contribution is -2.63. The highest BCUT2D eigenvalue weighted by Crippen LogP contribution is 2.40. The minimum atomic E-state index is -1.97. The molecule has 0 saturated carbocycles.